The van der Waals surface area contributed by atoms with Gasteiger partial charge in [0.2, 0.25) is 0 Å². The van der Waals surface area contributed by atoms with Gasteiger partial charge in [-0.3, -0.25) is 9.00 Å². The molecule has 1 N–H and O–H groups in total. The van der Waals surface area contributed by atoms with Gasteiger partial charge in [-0.25, -0.2) is 9.59 Å². The van der Waals surface area contributed by atoms with Gasteiger partial charge < -0.3 is 14.8 Å². The van der Waals surface area contributed by atoms with Crippen LogP contribution < -0.4 is 5.32 Å². The standard InChI is InChI=1S/C19H19NO6S/c1-3-27(24)16-11-7-5-9-14(16)19(23)26-12-17(21)20-15-10-6-4-8-13(15)18(22)25-2/h4-11H,3,12H2,1-2H3,(H,20,21)/t27-/m1/s1. The minimum Gasteiger partial charge on any atom is -0.465 e. The summed E-state index contributed by atoms with van der Waals surface area (Å²) in [6.07, 6.45) is 0. The van der Waals surface area contributed by atoms with Crippen molar-refractivity contribution in [2.75, 3.05) is 24.8 Å². The first-order valence-corrected chi connectivity index (χ1v) is 9.41. The maximum absolute atomic E-state index is 12.3. The van der Waals surface area contributed by atoms with Crippen LogP contribution in [0.5, 0.6) is 0 Å². The Morgan fingerprint density at radius 2 is 1.59 bits per heavy atom. The Labute approximate surface area is 159 Å². The van der Waals surface area contributed by atoms with Crippen molar-refractivity contribution in [1.29, 1.82) is 0 Å². The first-order chi connectivity index (χ1) is 13.0. The van der Waals surface area contributed by atoms with Gasteiger partial charge in [0, 0.05) is 5.75 Å². The fraction of sp³-hybridized carbons (Fsp3) is 0.211. The second-order valence-corrected chi connectivity index (χ2v) is 7.00. The van der Waals surface area contributed by atoms with Crippen LogP contribution in [0.1, 0.15) is 27.6 Å². The fourth-order valence-electron chi connectivity index (χ4n) is 2.26. The van der Waals surface area contributed by atoms with Crippen LogP contribution in [-0.2, 0) is 25.1 Å². The van der Waals surface area contributed by atoms with Crippen molar-refractivity contribution in [3.05, 3.63) is 59.7 Å². The van der Waals surface area contributed by atoms with Crippen LogP contribution in [0.25, 0.3) is 0 Å². The lowest BCUT2D eigenvalue weighted by Gasteiger charge is -2.11. The summed E-state index contributed by atoms with van der Waals surface area (Å²) in [5.74, 6) is -1.61. The highest BCUT2D eigenvalue weighted by Gasteiger charge is 2.18. The average Bonchev–Trinajstić information content (AvgIpc) is 2.71. The summed E-state index contributed by atoms with van der Waals surface area (Å²) >= 11 is 0. The molecule has 0 fully saturated rings. The number of ether oxygens (including phenoxy) is 2. The molecule has 27 heavy (non-hydrogen) atoms. The molecule has 0 aromatic heterocycles. The number of para-hydroxylation sites is 1. The number of nitrogens with one attached hydrogen (secondary N) is 1. The minimum absolute atomic E-state index is 0.153. The lowest BCUT2D eigenvalue weighted by Crippen LogP contribution is -2.22. The van der Waals surface area contributed by atoms with Gasteiger partial charge in [0.15, 0.2) is 6.61 Å². The van der Waals surface area contributed by atoms with Crippen LogP contribution >= 0.6 is 0 Å². The Morgan fingerprint density at radius 1 is 0.963 bits per heavy atom. The third kappa shape index (κ3) is 5.24. The Hall–Kier alpha value is -3.00. The van der Waals surface area contributed by atoms with Crippen LogP contribution in [0.15, 0.2) is 53.4 Å². The topological polar surface area (TPSA) is 98.8 Å². The molecule has 2 rings (SSSR count). The highest BCUT2D eigenvalue weighted by atomic mass is 32.2. The molecule has 7 nitrogen and oxygen atoms in total. The third-order valence-corrected chi connectivity index (χ3v) is 4.93. The number of rotatable bonds is 7. The van der Waals surface area contributed by atoms with E-state index in [1.54, 1.807) is 37.3 Å². The van der Waals surface area contributed by atoms with Gasteiger partial charge in [0.05, 0.1) is 39.6 Å². The number of esters is 2. The Bertz CT molecular complexity index is 880. The van der Waals surface area contributed by atoms with Crippen LogP contribution in [0.3, 0.4) is 0 Å². The molecule has 0 aliphatic heterocycles. The number of methoxy groups -OCH3 is 1. The monoisotopic (exact) mass is 389 g/mol. The molecule has 8 heteroatoms. The van der Waals surface area contributed by atoms with Gasteiger partial charge in [-0.1, -0.05) is 31.2 Å². The second-order valence-electron chi connectivity index (χ2n) is 5.29. The fourth-order valence-corrected chi connectivity index (χ4v) is 3.20. The quantitative estimate of drug-likeness (QED) is 0.730. The molecule has 0 saturated heterocycles. The van der Waals surface area contributed by atoms with E-state index in [0.717, 1.165) is 0 Å². The van der Waals surface area contributed by atoms with Crippen molar-refractivity contribution in [1.82, 2.24) is 0 Å². The van der Waals surface area contributed by atoms with E-state index in [4.69, 9.17) is 4.74 Å². The number of anilines is 1. The lowest BCUT2D eigenvalue weighted by atomic mass is 10.2. The molecule has 0 bridgehead atoms. The van der Waals surface area contributed by atoms with Gasteiger partial charge in [-0.15, -0.1) is 0 Å². The normalized spacial score (nSPS) is 11.3. The molecular formula is C19H19NO6S. The van der Waals surface area contributed by atoms with E-state index in [9.17, 15) is 18.6 Å². The molecule has 0 saturated carbocycles. The van der Waals surface area contributed by atoms with E-state index in [-0.39, 0.29) is 16.8 Å². The Morgan fingerprint density at radius 3 is 2.26 bits per heavy atom. The van der Waals surface area contributed by atoms with E-state index < -0.39 is 35.3 Å². The zero-order valence-electron chi connectivity index (χ0n) is 14.9. The molecule has 1 atom stereocenters. The van der Waals surface area contributed by atoms with E-state index in [1.165, 1.54) is 25.3 Å². The van der Waals surface area contributed by atoms with E-state index in [2.05, 4.69) is 10.1 Å². The van der Waals surface area contributed by atoms with Crippen molar-refractivity contribution in [2.24, 2.45) is 0 Å². The molecule has 0 unspecified atom stereocenters. The predicted octanol–water partition coefficient (Wildman–Crippen LogP) is 2.40. The molecule has 1 amide bonds. The summed E-state index contributed by atoms with van der Waals surface area (Å²) in [4.78, 5) is 36.4. The van der Waals surface area contributed by atoms with Crippen molar-refractivity contribution in [3.63, 3.8) is 0 Å². The largest absolute Gasteiger partial charge is 0.465 e. The number of carbonyl (C=O) groups is 3. The SMILES string of the molecule is CC[S@@](=O)c1ccccc1C(=O)OCC(=O)Nc1ccccc1C(=O)OC. The molecule has 2 aromatic rings. The van der Waals surface area contributed by atoms with Gasteiger partial charge >= 0.3 is 11.9 Å². The van der Waals surface area contributed by atoms with Gasteiger partial charge in [-0.2, -0.15) is 0 Å². The zero-order valence-corrected chi connectivity index (χ0v) is 15.7. The van der Waals surface area contributed by atoms with E-state index in [0.29, 0.717) is 10.6 Å². The summed E-state index contributed by atoms with van der Waals surface area (Å²) < 4.78 is 21.7. The van der Waals surface area contributed by atoms with Crippen LogP contribution in [0, 0.1) is 0 Å². The van der Waals surface area contributed by atoms with Crippen LogP contribution in [0.2, 0.25) is 0 Å². The number of benzene rings is 2. The summed E-state index contributed by atoms with van der Waals surface area (Å²) in [5, 5.41) is 2.50. The maximum Gasteiger partial charge on any atom is 0.339 e. The van der Waals surface area contributed by atoms with Gasteiger partial charge in [-0.05, 0) is 24.3 Å². The highest BCUT2D eigenvalue weighted by Crippen LogP contribution is 2.17. The average molecular weight is 389 g/mol. The third-order valence-electron chi connectivity index (χ3n) is 3.56. The van der Waals surface area contributed by atoms with Gasteiger partial charge in [0.25, 0.3) is 5.91 Å². The van der Waals surface area contributed by atoms with Crippen LogP contribution in [-0.4, -0.2) is 41.5 Å². The first kappa shape index (κ1) is 20.3. The van der Waals surface area contributed by atoms with Crippen LogP contribution in [0.4, 0.5) is 5.69 Å². The first-order valence-electron chi connectivity index (χ1n) is 8.09. The molecular weight excluding hydrogens is 370 g/mol. The second kappa shape index (κ2) is 9.63. The minimum atomic E-state index is -1.33. The molecule has 0 aliphatic carbocycles. The summed E-state index contributed by atoms with van der Waals surface area (Å²) in [6.45, 7) is 1.19. The number of hydrogen-bond donors (Lipinski definition) is 1. The predicted molar refractivity (Wildman–Crippen MR) is 100 cm³/mol. The van der Waals surface area contributed by atoms with Gasteiger partial charge in [0.1, 0.15) is 0 Å². The molecule has 0 spiro atoms. The van der Waals surface area contributed by atoms with E-state index in [1.807, 2.05) is 0 Å². The lowest BCUT2D eigenvalue weighted by molar-refractivity contribution is -0.119. The highest BCUT2D eigenvalue weighted by molar-refractivity contribution is 7.85. The zero-order chi connectivity index (χ0) is 19.8. The molecule has 0 heterocycles. The summed E-state index contributed by atoms with van der Waals surface area (Å²) in [5.41, 5.74) is 0.585. The number of amides is 1. The number of carbonyl (C=O) groups excluding carboxylic acids is 3. The Balaban J connectivity index is 2.04. The van der Waals surface area contributed by atoms with Crippen molar-refractivity contribution in [2.45, 2.75) is 11.8 Å². The van der Waals surface area contributed by atoms with E-state index >= 15 is 0 Å². The van der Waals surface area contributed by atoms with Crippen molar-refractivity contribution >= 4 is 34.3 Å². The molecule has 142 valence electrons. The van der Waals surface area contributed by atoms with Crippen molar-refractivity contribution in [3.8, 4) is 0 Å². The van der Waals surface area contributed by atoms with Crippen molar-refractivity contribution < 1.29 is 28.1 Å². The molecule has 0 aliphatic rings. The summed E-state index contributed by atoms with van der Waals surface area (Å²) in [6, 6.07) is 12.7. The molecule has 0 radical (unpaired) electrons. The smallest absolute Gasteiger partial charge is 0.339 e. The molecule has 2 aromatic carbocycles. The Kier molecular flexibility index (Phi) is 7.25. The summed E-state index contributed by atoms with van der Waals surface area (Å²) in [7, 11) is -0.0940. The number of hydrogen-bond acceptors (Lipinski definition) is 6. The maximum atomic E-state index is 12.3.